The van der Waals surface area contributed by atoms with E-state index in [0.29, 0.717) is 11.3 Å². The molecule has 2 nitrogen and oxygen atoms in total. The molecule has 1 aromatic carbocycles. The average molecular weight is 341 g/mol. The van der Waals surface area contributed by atoms with Crippen molar-refractivity contribution in [1.82, 2.24) is 0 Å². The van der Waals surface area contributed by atoms with Crippen LogP contribution in [0.15, 0.2) is 22.7 Å². The van der Waals surface area contributed by atoms with Crippen LogP contribution in [0.4, 0.5) is 18.9 Å². The van der Waals surface area contributed by atoms with Crippen LogP contribution in [0.3, 0.4) is 0 Å². The zero-order valence-corrected chi connectivity index (χ0v) is 11.9. The Morgan fingerprint density at radius 3 is 2.61 bits per heavy atom. The summed E-state index contributed by atoms with van der Waals surface area (Å²) in [5.74, 6) is 0. The molecule has 18 heavy (non-hydrogen) atoms. The van der Waals surface area contributed by atoms with Crippen molar-refractivity contribution >= 4 is 38.8 Å². The zero-order valence-electron chi connectivity index (χ0n) is 9.51. The Bertz CT molecular complexity index is 448. The van der Waals surface area contributed by atoms with E-state index in [0.717, 1.165) is 4.47 Å². The molecular weight excluding hydrogens is 329 g/mol. The van der Waals surface area contributed by atoms with Crippen LogP contribution in [0.2, 0.25) is 0 Å². The third kappa shape index (κ3) is 4.81. The normalized spacial score (nSPS) is 13.2. The summed E-state index contributed by atoms with van der Waals surface area (Å²) in [6, 6.07) is 4.28. The van der Waals surface area contributed by atoms with Gasteiger partial charge in [-0.05, 0) is 25.1 Å². The number of hydrogen-bond donors (Lipinski definition) is 2. The third-order valence-corrected chi connectivity index (χ3v) is 2.90. The number of nitrogens with two attached hydrogens (primary N) is 1. The van der Waals surface area contributed by atoms with E-state index in [1.807, 2.05) is 0 Å². The van der Waals surface area contributed by atoms with Gasteiger partial charge in [0, 0.05) is 21.8 Å². The molecule has 0 spiro atoms. The number of nitrogens with one attached hydrogen (secondary N) is 1. The molecule has 0 radical (unpaired) electrons. The minimum atomic E-state index is -4.20. The number of hydrogen-bond acceptors (Lipinski definition) is 2. The fourth-order valence-corrected chi connectivity index (χ4v) is 2.04. The lowest BCUT2D eigenvalue weighted by molar-refractivity contribution is -0.136. The smallest absolute Gasteiger partial charge is 0.389 e. The number of alkyl halides is 3. The van der Waals surface area contributed by atoms with Crippen LogP contribution in [0.5, 0.6) is 0 Å². The van der Waals surface area contributed by atoms with Gasteiger partial charge < -0.3 is 11.1 Å². The topological polar surface area (TPSA) is 38.0 Å². The molecule has 0 bridgehead atoms. The molecule has 100 valence electrons. The highest BCUT2D eigenvalue weighted by molar-refractivity contribution is 9.10. The molecule has 1 atom stereocenters. The lowest BCUT2D eigenvalue weighted by Crippen LogP contribution is -2.25. The predicted octanol–water partition coefficient (Wildman–Crippen LogP) is 3.84. The summed E-state index contributed by atoms with van der Waals surface area (Å²) in [6.07, 6.45) is -5.12. The highest BCUT2D eigenvalue weighted by atomic mass is 79.9. The van der Waals surface area contributed by atoms with Gasteiger partial charge in [-0.2, -0.15) is 13.2 Å². The average Bonchev–Trinajstić information content (AvgIpc) is 2.17. The monoisotopic (exact) mass is 340 g/mol. The molecule has 0 aliphatic rings. The van der Waals surface area contributed by atoms with Crippen LogP contribution in [0.25, 0.3) is 0 Å². The summed E-state index contributed by atoms with van der Waals surface area (Å²) in [7, 11) is 0. The number of thiocarbonyl (C=S) groups is 1. The van der Waals surface area contributed by atoms with Crippen molar-refractivity contribution < 1.29 is 13.2 Å². The van der Waals surface area contributed by atoms with Gasteiger partial charge in [0.05, 0.1) is 6.42 Å². The first kappa shape index (κ1) is 15.2. The van der Waals surface area contributed by atoms with Gasteiger partial charge in [-0.15, -0.1) is 0 Å². The van der Waals surface area contributed by atoms with Crippen molar-refractivity contribution in [2.75, 3.05) is 5.32 Å². The SMILES string of the molecule is CC(CC(F)(F)F)Nc1ccc(Br)cc1C(N)=S. The van der Waals surface area contributed by atoms with E-state index in [4.69, 9.17) is 18.0 Å². The second-order valence-electron chi connectivity index (χ2n) is 3.92. The van der Waals surface area contributed by atoms with Crippen molar-refractivity contribution in [3.63, 3.8) is 0 Å². The van der Waals surface area contributed by atoms with Crippen LogP contribution in [0.1, 0.15) is 18.9 Å². The molecule has 0 saturated carbocycles. The summed E-state index contributed by atoms with van der Waals surface area (Å²) in [4.78, 5) is 0.137. The summed E-state index contributed by atoms with van der Waals surface area (Å²) >= 11 is 8.12. The Morgan fingerprint density at radius 1 is 1.50 bits per heavy atom. The number of benzene rings is 1. The van der Waals surface area contributed by atoms with Crippen molar-refractivity contribution in [1.29, 1.82) is 0 Å². The maximum atomic E-state index is 12.2. The van der Waals surface area contributed by atoms with Crippen molar-refractivity contribution in [2.24, 2.45) is 5.73 Å². The van der Waals surface area contributed by atoms with Gasteiger partial charge >= 0.3 is 6.18 Å². The lowest BCUT2D eigenvalue weighted by atomic mass is 10.1. The summed E-state index contributed by atoms with van der Waals surface area (Å²) < 4.78 is 37.5. The minimum Gasteiger partial charge on any atom is -0.389 e. The van der Waals surface area contributed by atoms with Crippen LogP contribution in [0, 0.1) is 0 Å². The quantitative estimate of drug-likeness (QED) is 0.818. The van der Waals surface area contributed by atoms with Crippen molar-refractivity contribution in [2.45, 2.75) is 25.6 Å². The molecule has 0 aliphatic carbocycles. The number of halogens is 4. The molecule has 0 fully saturated rings. The van der Waals surface area contributed by atoms with Gasteiger partial charge in [0.1, 0.15) is 4.99 Å². The van der Waals surface area contributed by atoms with E-state index in [1.54, 1.807) is 18.2 Å². The van der Waals surface area contributed by atoms with Gasteiger partial charge in [0.15, 0.2) is 0 Å². The van der Waals surface area contributed by atoms with E-state index >= 15 is 0 Å². The van der Waals surface area contributed by atoms with Crippen LogP contribution >= 0.6 is 28.1 Å². The molecule has 0 amide bonds. The molecule has 1 unspecified atom stereocenters. The van der Waals surface area contributed by atoms with E-state index < -0.39 is 18.6 Å². The summed E-state index contributed by atoms with van der Waals surface area (Å²) in [6.45, 7) is 1.46. The summed E-state index contributed by atoms with van der Waals surface area (Å²) in [5, 5.41) is 2.77. The van der Waals surface area contributed by atoms with Gasteiger partial charge in [-0.1, -0.05) is 28.1 Å². The van der Waals surface area contributed by atoms with Crippen LogP contribution < -0.4 is 11.1 Å². The van der Waals surface area contributed by atoms with Crippen molar-refractivity contribution in [3.8, 4) is 0 Å². The molecule has 0 aliphatic heterocycles. The Morgan fingerprint density at radius 2 is 2.11 bits per heavy atom. The molecule has 0 aromatic heterocycles. The molecule has 7 heteroatoms. The van der Waals surface area contributed by atoms with E-state index in [1.165, 1.54) is 6.92 Å². The molecule has 1 aromatic rings. The fraction of sp³-hybridized carbons (Fsp3) is 0.364. The Balaban J connectivity index is 2.87. The molecule has 0 heterocycles. The van der Waals surface area contributed by atoms with Crippen LogP contribution in [-0.4, -0.2) is 17.2 Å². The Kier molecular flexibility index (Phi) is 4.98. The first-order valence-corrected chi connectivity index (χ1v) is 6.32. The fourth-order valence-electron chi connectivity index (χ4n) is 1.51. The van der Waals surface area contributed by atoms with E-state index in [9.17, 15) is 13.2 Å². The van der Waals surface area contributed by atoms with Crippen LogP contribution in [-0.2, 0) is 0 Å². The molecule has 0 saturated heterocycles. The van der Waals surface area contributed by atoms with E-state index in [-0.39, 0.29) is 4.99 Å². The second kappa shape index (κ2) is 5.88. The maximum absolute atomic E-state index is 12.2. The van der Waals surface area contributed by atoms with Gasteiger partial charge in [0.2, 0.25) is 0 Å². The minimum absolute atomic E-state index is 0.137. The second-order valence-corrected chi connectivity index (χ2v) is 5.27. The van der Waals surface area contributed by atoms with E-state index in [2.05, 4.69) is 21.2 Å². The molecule has 3 N–H and O–H groups in total. The molecular formula is C11H12BrF3N2S. The largest absolute Gasteiger partial charge is 0.391 e. The highest BCUT2D eigenvalue weighted by Gasteiger charge is 2.30. The first-order valence-electron chi connectivity index (χ1n) is 5.11. The van der Waals surface area contributed by atoms with Crippen molar-refractivity contribution in [3.05, 3.63) is 28.2 Å². The zero-order chi connectivity index (χ0) is 13.9. The third-order valence-electron chi connectivity index (χ3n) is 2.19. The van der Waals surface area contributed by atoms with Gasteiger partial charge in [-0.3, -0.25) is 0 Å². The maximum Gasteiger partial charge on any atom is 0.391 e. The van der Waals surface area contributed by atoms with Gasteiger partial charge in [-0.25, -0.2) is 0 Å². The summed E-state index contributed by atoms with van der Waals surface area (Å²) in [5.41, 5.74) is 6.56. The highest BCUT2D eigenvalue weighted by Crippen LogP contribution is 2.26. The standard InChI is InChI=1S/C11H12BrF3N2S/c1-6(5-11(13,14)15)17-9-3-2-7(12)4-8(9)10(16)18/h2-4,6,17H,5H2,1H3,(H2,16,18). The number of rotatable bonds is 4. The first-order chi connectivity index (χ1) is 8.19. The molecule has 1 rings (SSSR count). The van der Waals surface area contributed by atoms with Gasteiger partial charge in [0.25, 0.3) is 0 Å². The predicted molar refractivity (Wildman–Crippen MR) is 73.8 cm³/mol. The number of anilines is 1. The Hall–Kier alpha value is -0.820. The lowest BCUT2D eigenvalue weighted by Gasteiger charge is -2.19. The Labute approximate surface area is 117 Å².